The third-order valence-corrected chi connectivity index (χ3v) is 3.22. The molecule has 1 aromatic carbocycles. The van der Waals surface area contributed by atoms with Crippen LogP contribution in [0.4, 0.5) is 0 Å². The second-order valence-electron chi connectivity index (χ2n) is 4.43. The van der Waals surface area contributed by atoms with Crippen molar-refractivity contribution < 1.29 is 9.84 Å². The van der Waals surface area contributed by atoms with Crippen molar-refractivity contribution in [3.8, 4) is 5.75 Å². The minimum Gasteiger partial charge on any atom is -0.491 e. The molecule has 0 saturated carbocycles. The summed E-state index contributed by atoms with van der Waals surface area (Å²) in [7, 11) is 0. The number of aromatic nitrogens is 2. The van der Waals surface area contributed by atoms with Gasteiger partial charge in [0.15, 0.2) is 0 Å². The van der Waals surface area contributed by atoms with E-state index in [0.29, 0.717) is 6.54 Å². The molecule has 0 bridgehead atoms. The van der Waals surface area contributed by atoms with Gasteiger partial charge in [-0.05, 0) is 18.2 Å². The molecule has 5 nitrogen and oxygen atoms in total. The Labute approximate surface area is 126 Å². The third kappa shape index (κ3) is 5.32. The fraction of sp³-hybridized carbons (Fsp3) is 0.357. The van der Waals surface area contributed by atoms with Crippen LogP contribution in [-0.4, -0.2) is 40.5 Å². The predicted octanol–water partition coefficient (Wildman–Crippen LogP) is 1.68. The quantitative estimate of drug-likeness (QED) is 0.718. The van der Waals surface area contributed by atoms with E-state index in [-0.39, 0.29) is 6.61 Å². The zero-order valence-corrected chi connectivity index (χ0v) is 12.7. The summed E-state index contributed by atoms with van der Waals surface area (Å²) >= 11 is 3.38. The Hall–Kier alpha value is -1.37. The first-order chi connectivity index (χ1) is 9.74. The molecule has 108 valence electrons. The molecule has 2 aromatic rings. The molecule has 0 fully saturated rings. The molecule has 1 atom stereocenters. The average molecular weight is 340 g/mol. The number of nitrogens with zero attached hydrogens (tertiary/aromatic N) is 2. The summed E-state index contributed by atoms with van der Waals surface area (Å²) in [5.41, 5.74) is 0. The second-order valence-corrected chi connectivity index (χ2v) is 5.34. The Morgan fingerprint density at radius 3 is 3.10 bits per heavy atom. The molecular weight excluding hydrogens is 322 g/mol. The molecule has 0 amide bonds. The standard InChI is InChI=1S/C14H18BrN3O2/c15-12-2-1-3-14(8-12)20-10-13(19)9-16-4-6-18-7-5-17-11-18/h1-3,5,7-8,11,13,16,19H,4,6,9-10H2. The minimum absolute atomic E-state index is 0.272. The van der Waals surface area contributed by atoms with Gasteiger partial charge in [0, 0.05) is 36.5 Å². The SMILES string of the molecule is OC(CNCCn1ccnc1)COc1cccc(Br)c1. The molecule has 0 aliphatic heterocycles. The summed E-state index contributed by atoms with van der Waals surface area (Å²) in [4.78, 5) is 3.97. The van der Waals surface area contributed by atoms with E-state index >= 15 is 0 Å². The Kier molecular flexibility index (Phi) is 6.04. The Morgan fingerprint density at radius 1 is 1.45 bits per heavy atom. The van der Waals surface area contributed by atoms with Gasteiger partial charge in [0.05, 0.1) is 6.33 Å². The maximum Gasteiger partial charge on any atom is 0.120 e. The van der Waals surface area contributed by atoms with E-state index in [9.17, 15) is 5.11 Å². The van der Waals surface area contributed by atoms with Crippen molar-refractivity contribution in [2.24, 2.45) is 0 Å². The van der Waals surface area contributed by atoms with Crippen LogP contribution in [0.1, 0.15) is 0 Å². The Balaban J connectivity index is 1.59. The Morgan fingerprint density at radius 2 is 2.35 bits per heavy atom. The molecule has 0 radical (unpaired) electrons. The molecular formula is C14H18BrN3O2. The fourth-order valence-electron chi connectivity index (χ4n) is 1.70. The van der Waals surface area contributed by atoms with Crippen LogP contribution in [-0.2, 0) is 6.54 Å². The summed E-state index contributed by atoms with van der Waals surface area (Å²) in [5, 5.41) is 13.0. The van der Waals surface area contributed by atoms with Crippen molar-refractivity contribution in [2.75, 3.05) is 19.7 Å². The van der Waals surface area contributed by atoms with Crippen molar-refractivity contribution in [1.29, 1.82) is 0 Å². The summed E-state index contributed by atoms with van der Waals surface area (Å²) in [6.07, 6.45) is 4.90. The van der Waals surface area contributed by atoms with E-state index in [1.54, 1.807) is 12.5 Å². The first kappa shape index (κ1) is 15.0. The summed E-state index contributed by atoms with van der Waals surface area (Å²) in [5.74, 6) is 0.747. The zero-order valence-electron chi connectivity index (χ0n) is 11.1. The average Bonchev–Trinajstić information content (AvgIpc) is 2.95. The number of aliphatic hydroxyl groups is 1. The van der Waals surface area contributed by atoms with Crippen LogP contribution in [0.5, 0.6) is 5.75 Å². The minimum atomic E-state index is -0.531. The molecule has 0 aliphatic carbocycles. The van der Waals surface area contributed by atoms with E-state index < -0.39 is 6.10 Å². The second kappa shape index (κ2) is 8.04. The van der Waals surface area contributed by atoms with Gasteiger partial charge in [-0.3, -0.25) is 0 Å². The molecule has 0 saturated heterocycles. The summed E-state index contributed by atoms with van der Waals surface area (Å²) in [6.45, 7) is 2.39. The highest BCUT2D eigenvalue weighted by atomic mass is 79.9. The highest BCUT2D eigenvalue weighted by Gasteiger charge is 2.05. The fourth-order valence-corrected chi connectivity index (χ4v) is 2.08. The van der Waals surface area contributed by atoms with E-state index in [2.05, 4.69) is 26.2 Å². The van der Waals surface area contributed by atoms with Crippen molar-refractivity contribution in [3.05, 3.63) is 47.5 Å². The normalized spacial score (nSPS) is 12.3. The van der Waals surface area contributed by atoms with Gasteiger partial charge in [0.2, 0.25) is 0 Å². The third-order valence-electron chi connectivity index (χ3n) is 2.72. The number of ether oxygens (including phenoxy) is 1. The van der Waals surface area contributed by atoms with E-state index in [1.807, 2.05) is 35.0 Å². The lowest BCUT2D eigenvalue weighted by Crippen LogP contribution is -2.33. The number of hydrogen-bond acceptors (Lipinski definition) is 4. The van der Waals surface area contributed by atoms with E-state index in [1.165, 1.54) is 0 Å². The summed E-state index contributed by atoms with van der Waals surface area (Å²) < 4.78 is 8.46. The maximum absolute atomic E-state index is 9.82. The highest BCUT2D eigenvalue weighted by molar-refractivity contribution is 9.10. The molecule has 1 unspecified atom stereocenters. The first-order valence-electron chi connectivity index (χ1n) is 6.47. The van der Waals surface area contributed by atoms with Crippen LogP contribution in [0.2, 0.25) is 0 Å². The molecule has 2 rings (SSSR count). The molecule has 1 aromatic heterocycles. The van der Waals surface area contributed by atoms with Gasteiger partial charge >= 0.3 is 0 Å². The van der Waals surface area contributed by atoms with Gasteiger partial charge in [0.25, 0.3) is 0 Å². The number of benzene rings is 1. The van der Waals surface area contributed by atoms with Crippen molar-refractivity contribution >= 4 is 15.9 Å². The van der Waals surface area contributed by atoms with Gasteiger partial charge in [-0.25, -0.2) is 4.98 Å². The van der Waals surface area contributed by atoms with Crippen LogP contribution < -0.4 is 10.1 Å². The van der Waals surface area contributed by atoms with Crippen LogP contribution >= 0.6 is 15.9 Å². The highest BCUT2D eigenvalue weighted by Crippen LogP contribution is 2.17. The number of nitrogens with one attached hydrogen (secondary N) is 1. The van der Waals surface area contributed by atoms with Crippen molar-refractivity contribution in [1.82, 2.24) is 14.9 Å². The lowest BCUT2D eigenvalue weighted by atomic mass is 10.3. The van der Waals surface area contributed by atoms with Gasteiger partial charge in [-0.2, -0.15) is 0 Å². The van der Waals surface area contributed by atoms with Crippen LogP contribution in [0.3, 0.4) is 0 Å². The number of imidazole rings is 1. The zero-order chi connectivity index (χ0) is 14.2. The van der Waals surface area contributed by atoms with Crippen LogP contribution in [0.25, 0.3) is 0 Å². The lowest BCUT2D eigenvalue weighted by Gasteiger charge is -2.13. The van der Waals surface area contributed by atoms with Crippen molar-refractivity contribution in [3.63, 3.8) is 0 Å². The molecule has 0 aliphatic rings. The molecule has 0 spiro atoms. The molecule has 20 heavy (non-hydrogen) atoms. The monoisotopic (exact) mass is 339 g/mol. The van der Waals surface area contributed by atoms with Crippen LogP contribution in [0, 0.1) is 0 Å². The largest absolute Gasteiger partial charge is 0.491 e. The number of hydrogen-bond donors (Lipinski definition) is 2. The number of rotatable bonds is 8. The Bertz CT molecular complexity index is 505. The van der Waals surface area contributed by atoms with Crippen molar-refractivity contribution in [2.45, 2.75) is 12.6 Å². The maximum atomic E-state index is 9.82. The predicted molar refractivity (Wildman–Crippen MR) is 80.7 cm³/mol. The smallest absolute Gasteiger partial charge is 0.120 e. The molecule has 1 heterocycles. The van der Waals surface area contributed by atoms with Gasteiger partial charge in [-0.15, -0.1) is 0 Å². The molecule has 6 heteroatoms. The topological polar surface area (TPSA) is 59.3 Å². The van der Waals surface area contributed by atoms with E-state index in [4.69, 9.17) is 4.74 Å². The number of aliphatic hydroxyl groups excluding tert-OH is 1. The van der Waals surface area contributed by atoms with Crippen LogP contribution in [0.15, 0.2) is 47.5 Å². The van der Waals surface area contributed by atoms with Gasteiger partial charge in [0.1, 0.15) is 18.5 Å². The van der Waals surface area contributed by atoms with Gasteiger partial charge < -0.3 is 19.7 Å². The molecule has 2 N–H and O–H groups in total. The van der Waals surface area contributed by atoms with Gasteiger partial charge in [-0.1, -0.05) is 22.0 Å². The summed E-state index contributed by atoms with van der Waals surface area (Å²) in [6, 6.07) is 7.57. The number of halogens is 1. The van der Waals surface area contributed by atoms with E-state index in [0.717, 1.165) is 23.3 Å². The lowest BCUT2D eigenvalue weighted by molar-refractivity contribution is 0.106. The first-order valence-corrected chi connectivity index (χ1v) is 7.26.